The van der Waals surface area contributed by atoms with Gasteiger partial charge in [0.2, 0.25) is 0 Å². The first kappa shape index (κ1) is 34.0. The average molecular weight is 541 g/mol. The van der Waals surface area contributed by atoms with Crippen LogP contribution in [0.2, 0.25) is 0 Å². The largest absolute Gasteiger partial charge is 0.478 e. The van der Waals surface area contributed by atoms with Gasteiger partial charge in [-0.15, -0.1) is 0 Å². The zero-order valence-electron chi connectivity index (χ0n) is 25.5. The Bertz CT molecular complexity index is 1000. The lowest BCUT2D eigenvalue weighted by molar-refractivity contribution is 0.0498. The van der Waals surface area contributed by atoms with Gasteiger partial charge in [-0.25, -0.2) is 9.59 Å². The van der Waals surface area contributed by atoms with E-state index in [0.717, 1.165) is 69.0 Å². The molecule has 2 aromatic carbocycles. The zero-order chi connectivity index (χ0) is 29.2. The fourth-order valence-electron chi connectivity index (χ4n) is 4.60. The molecule has 0 radical (unpaired) electrons. The van der Waals surface area contributed by atoms with E-state index in [0.29, 0.717) is 17.7 Å². The lowest BCUT2D eigenvalue weighted by Crippen LogP contribution is -2.15. The van der Waals surface area contributed by atoms with E-state index in [4.69, 9.17) is 4.74 Å². The van der Waals surface area contributed by atoms with Crippen molar-refractivity contribution >= 4 is 23.3 Å². The first-order valence-electron chi connectivity index (χ1n) is 14.7. The molecule has 2 rings (SSSR count). The van der Waals surface area contributed by atoms with Crippen molar-refractivity contribution in [1.29, 1.82) is 0 Å². The van der Waals surface area contributed by atoms with Gasteiger partial charge in [0.1, 0.15) is 0 Å². The van der Waals surface area contributed by atoms with Crippen LogP contribution in [0.1, 0.15) is 110 Å². The Balaban J connectivity index is 0.000000403. The number of aromatic carboxylic acids is 1. The molecule has 0 saturated carbocycles. The van der Waals surface area contributed by atoms with Gasteiger partial charge < -0.3 is 19.6 Å². The van der Waals surface area contributed by atoms with Crippen LogP contribution in [0.4, 0.5) is 11.4 Å². The number of carboxylic acids is 1. The number of benzene rings is 2. The summed E-state index contributed by atoms with van der Waals surface area (Å²) in [5.74, 6) is -1.03. The summed E-state index contributed by atoms with van der Waals surface area (Å²) < 4.78 is 5.26. The van der Waals surface area contributed by atoms with Crippen LogP contribution >= 0.6 is 0 Å². The Hall–Kier alpha value is -3.02. The molecule has 2 aromatic rings. The first-order valence-corrected chi connectivity index (χ1v) is 14.7. The van der Waals surface area contributed by atoms with Crippen molar-refractivity contribution in [3.8, 4) is 0 Å². The summed E-state index contributed by atoms with van der Waals surface area (Å²) in [7, 11) is 7.91. The van der Waals surface area contributed by atoms with E-state index < -0.39 is 5.97 Å². The van der Waals surface area contributed by atoms with Gasteiger partial charge in [-0.2, -0.15) is 0 Å². The number of carboxylic acid groups (broad SMARTS) is 1. The Morgan fingerprint density at radius 3 is 1.74 bits per heavy atom. The molecule has 6 nitrogen and oxygen atoms in total. The Kier molecular flexibility index (Phi) is 16.7. The van der Waals surface area contributed by atoms with E-state index in [1.165, 1.54) is 24.1 Å². The number of nitrogens with zero attached hydrogens (tertiary/aromatic N) is 2. The number of hydrogen-bond donors (Lipinski definition) is 1. The van der Waals surface area contributed by atoms with Crippen molar-refractivity contribution in [3.05, 3.63) is 58.7 Å². The molecule has 0 aliphatic carbocycles. The zero-order valence-corrected chi connectivity index (χ0v) is 25.5. The molecule has 39 heavy (non-hydrogen) atoms. The van der Waals surface area contributed by atoms with Gasteiger partial charge in [0.15, 0.2) is 0 Å². The molecule has 0 aliphatic heterocycles. The van der Waals surface area contributed by atoms with Crippen molar-refractivity contribution in [3.63, 3.8) is 0 Å². The predicted octanol–water partition coefficient (Wildman–Crippen LogP) is 8.02. The minimum absolute atomic E-state index is 0.231. The average Bonchev–Trinajstić information content (AvgIpc) is 2.91. The highest BCUT2D eigenvalue weighted by molar-refractivity contribution is 5.95. The molecule has 0 saturated heterocycles. The lowest BCUT2D eigenvalue weighted by Gasteiger charge is -2.22. The number of carbonyl (C=O) groups is 2. The third-order valence-electron chi connectivity index (χ3n) is 6.77. The number of esters is 1. The summed E-state index contributed by atoms with van der Waals surface area (Å²) in [6.07, 6.45) is 11.9. The fourth-order valence-corrected chi connectivity index (χ4v) is 4.60. The number of carbonyl (C=O) groups excluding carboxylic acids is 1. The molecule has 0 heterocycles. The van der Waals surface area contributed by atoms with Crippen LogP contribution in [0.5, 0.6) is 0 Å². The van der Waals surface area contributed by atoms with Crippen LogP contribution < -0.4 is 9.80 Å². The summed E-state index contributed by atoms with van der Waals surface area (Å²) in [5.41, 5.74) is 5.50. The molecule has 0 aliphatic rings. The molecular weight excluding hydrogens is 488 g/mol. The van der Waals surface area contributed by atoms with E-state index in [9.17, 15) is 14.7 Å². The summed E-state index contributed by atoms with van der Waals surface area (Å²) in [6, 6.07) is 11.2. The van der Waals surface area contributed by atoms with E-state index in [2.05, 4.69) is 25.7 Å². The second-order valence-electron chi connectivity index (χ2n) is 10.5. The highest BCUT2D eigenvalue weighted by Crippen LogP contribution is 2.29. The quantitative estimate of drug-likeness (QED) is 0.172. The number of unbranched alkanes of at least 4 members (excludes halogenated alkanes) is 6. The van der Waals surface area contributed by atoms with Crippen LogP contribution in [0.15, 0.2) is 36.4 Å². The predicted molar refractivity (Wildman–Crippen MR) is 165 cm³/mol. The van der Waals surface area contributed by atoms with Gasteiger partial charge in [-0.05, 0) is 67.5 Å². The highest BCUT2D eigenvalue weighted by atomic mass is 16.5. The lowest BCUT2D eigenvalue weighted by atomic mass is 9.91. The highest BCUT2D eigenvalue weighted by Gasteiger charge is 2.18. The Morgan fingerprint density at radius 2 is 1.21 bits per heavy atom. The van der Waals surface area contributed by atoms with Crippen molar-refractivity contribution in [2.75, 3.05) is 44.6 Å². The minimum atomic E-state index is -0.798. The van der Waals surface area contributed by atoms with Crippen molar-refractivity contribution in [2.45, 2.75) is 91.4 Å². The monoisotopic (exact) mass is 540 g/mol. The van der Waals surface area contributed by atoms with E-state index in [1.54, 1.807) is 12.1 Å². The maximum atomic E-state index is 11.9. The van der Waals surface area contributed by atoms with Crippen LogP contribution in [0, 0.1) is 0 Å². The molecule has 6 heteroatoms. The second-order valence-corrected chi connectivity index (χ2v) is 10.5. The summed E-state index contributed by atoms with van der Waals surface area (Å²) >= 11 is 0. The topological polar surface area (TPSA) is 70.1 Å². The maximum Gasteiger partial charge on any atom is 0.340 e. The fraction of sp³-hybridized carbons (Fsp3) is 0.576. The SMILES string of the molecule is CCCCCOC(=O)c1ccccc1N(C)C.CCCCCc1c(C(=O)O)ccc(N(C)C)c1CCCCC. The van der Waals surface area contributed by atoms with Crippen molar-refractivity contribution in [1.82, 2.24) is 0 Å². The number of para-hydroxylation sites is 1. The summed E-state index contributed by atoms with van der Waals surface area (Å²) in [5, 5.41) is 9.53. The molecular formula is C33H52N2O4. The van der Waals surface area contributed by atoms with Gasteiger partial charge in [-0.3, -0.25) is 0 Å². The molecule has 1 N–H and O–H groups in total. The van der Waals surface area contributed by atoms with Crippen molar-refractivity contribution < 1.29 is 19.4 Å². The molecule has 0 atom stereocenters. The van der Waals surface area contributed by atoms with Gasteiger partial charge in [-0.1, -0.05) is 71.4 Å². The van der Waals surface area contributed by atoms with Gasteiger partial charge in [0.05, 0.1) is 23.4 Å². The number of anilines is 2. The van der Waals surface area contributed by atoms with Gasteiger partial charge >= 0.3 is 11.9 Å². The standard InChI is InChI=1S/C19H31NO2.C14H21NO2/c1-5-7-9-11-15-16(12-10-8-6-2)18(20(3)4)14-13-17(15)19(21)22;1-4-5-8-11-17-14(16)12-9-6-7-10-13(12)15(2)3/h13-14H,5-12H2,1-4H3,(H,21,22);6-7,9-10H,4-5,8,11H2,1-3H3. The molecule has 0 fully saturated rings. The first-order chi connectivity index (χ1) is 18.7. The molecule has 0 spiro atoms. The normalized spacial score (nSPS) is 10.4. The number of ether oxygens (including phenoxy) is 1. The van der Waals surface area contributed by atoms with Crippen LogP contribution in [0.25, 0.3) is 0 Å². The third-order valence-corrected chi connectivity index (χ3v) is 6.77. The van der Waals surface area contributed by atoms with Crippen LogP contribution in [-0.2, 0) is 17.6 Å². The molecule has 0 unspecified atom stereocenters. The number of hydrogen-bond acceptors (Lipinski definition) is 5. The minimum Gasteiger partial charge on any atom is -0.478 e. The molecule has 0 aromatic heterocycles. The number of rotatable bonds is 16. The van der Waals surface area contributed by atoms with Crippen LogP contribution in [0.3, 0.4) is 0 Å². The van der Waals surface area contributed by atoms with Crippen molar-refractivity contribution in [2.24, 2.45) is 0 Å². The van der Waals surface area contributed by atoms with Gasteiger partial charge in [0, 0.05) is 33.9 Å². The summed E-state index contributed by atoms with van der Waals surface area (Å²) in [6.45, 7) is 7.01. The van der Waals surface area contributed by atoms with E-state index in [1.807, 2.05) is 57.4 Å². The Labute approximate surface area is 237 Å². The van der Waals surface area contributed by atoms with E-state index >= 15 is 0 Å². The smallest absolute Gasteiger partial charge is 0.340 e. The molecule has 218 valence electrons. The second kappa shape index (κ2) is 19.1. The maximum absolute atomic E-state index is 11.9. The van der Waals surface area contributed by atoms with Crippen LogP contribution in [-0.4, -0.2) is 51.8 Å². The summed E-state index contributed by atoms with van der Waals surface area (Å²) in [4.78, 5) is 27.5. The Morgan fingerprint density at radius 1 is 0.667 bits per heavy atom. The van der Waals surface area contributed by atoms with Gasteiger partial charge in [0.25, 0.3) is 0 Å². The van der Waals surface area contributed by atoms with E-state index in [-0.39, 0.29) is 5.97 Å². The molecule has 0 bridgehead atoms. The third kappa shape index (κ3) is 11.7. The molecule has 0 amide bonds.